The zero-order chi connectivity index (χ0) is 14.9. The summed E-state index contributed by atoms with van der Waals surface area (Å²) in [5.41, 5.74) is 2.29. The summed E-state index contributed by atoms with van der Waals surface area (Å²) in [5, 5.41) is 6.36. The highest BCUT2D eigenvalue weighted by Gasteiger charge is 2.31. The molecule has 0 spiro atoms. The van der Waals surface area contributed by atoms with Gasteiger partial charge in [-0.05, 0) is 38.7 Å². The van der Waals surface area contributed by atoms with Crippen LogP contribution in [0.5, 0.6) is 5.75 Å². The van der Waals surface area contributed by atoms with Gasteiger partial charge in [-0.3, -0.25) is 4.79 Å². The van der Waals surface area contributed by atoms with Crippen molar-refractivity contribution in [1.82, 2.24) is 10.6 Å². The molecule has 1 amide bonds. The summed E-state index contributed by atoms with van der Waals surface area (Å²) in [4.78, 5) is 12.0. The smallest absolute Gasteiger partial charge is 0.237 e. The molecule has 1 aromatic carbocycles. The third-order valence-corrected chi connectivity index (χ3v) is 4.25. The number of nitrogens with one attached hydrogen (secondary N) is 2. The number of rotatable bonds is 3. The maximum atomic E-state index is 12.0. The van der Waals surface area contributed by atoms with E-state index in [1.807, 2.05) is 0 Å². The van der Waals surface area contributed by atoms with E-state index in [9.17, 15) is 4.79 Å². The van der Waals surface area contributed by atoms with Crippen LogP contribution in [0.3, 0.4) is 0 Å². The second kappa shape index (κ2) is 5.68. The summed E-state index contributed by atoms with van der Waals surface area (Å²) in [6, 6.07) is 6.21. The first-order valence-corrected chi connectivity index (χ1v) is 7.86. The Bertz CT molecular complexity index is 540. The number of hydrogen-bond acceptors (Lipinski definition) is 3. The van der Waals surface area contributed by atoms with E-state index in [0.717, 1.165) is 43.5 Å². The summed E-state index contributed by atoms with van der Waals surface area (Å²) >= 11 is 0. The molecule has 0 aliphatic carbocycles. The lowest BCUT2D eigenvalue weighted by Crippen LogP contribution is -2.42. The van der Waals surface area contributed by atoms with Crippen LogP contribution in [0.25, 0.3) is 0 Å². The Labute approximate surface area is 126 Å². The molecule has 3 rings (SSSR count). The fourth-order valence-electron chi connectivity index (χ4n) is 3.19. The minimum Gasteiger partial charge on any atom is -0.487 e. The quantitative estimate of drug-likeness (QED) is 0.896. The zero-order valence-electron chi connectivity index (χ0n) is 12.9. The highest BCUT2D eigenvalue weighted by Crippen LogP contribution is 2.37. The molecule has 0 radical (unpaired) electrons. The van der Waals surface area contributed by atoms with Crippen molar-refractivity contribution in [1.29, 1.82) is 0 Å². The number of amides is 1. The number of ether oxygens (including phenoxy) is 1. The first-order valence-electron chi connectivity index (χ1n) is 7.86. The standard InChI is InChI=1S/C17H24N2O2/c1-17(2)10-12-6-5-7-13(15(12)21-17)11-19-14-8-3-4-9-18-16(14)20/h5-7,14,19H,3-4,8-11H2,1-2H3,(H,18,20). The molecule has 4 heteroatoms. The van der Waals surface area contributed by atoms with Crippen molar-refractivity contribution in [2.45, 2.75) is 57.7 Å². The average molecular weight is 288 g/mol. The predicted molar refractivity (Wildman–Crippen MR) is 82.3 cm³/mol. The molecule has 1 fully saturated rings. The summed E-state index contributed by atoms with van der Waals surface area (Å²) in [7, 11) is 0. The molecule has 1 saturated heterocycles. The second-order valence-electron chi connectivity index (χ2n) is 6.66. The van der Waals surface area contributed by atoms with Crippen molar-refractivity contribution < 1.29 is 9.53 Å². The van der Waals surface area contributed by atoms with Crippen molar-refractivity contribution in [3.8, 4) is 5.75 Å². The molecule has 2 N–H and O–H groups in total. The predicted octanol–water partition coefficient (Wildman–Crippen LogP) is 2.16. The van der Waals surface area contributed by atoms with Gasteiger partial charge in [0.25, 0.3) is 0 Å². The van der Waals surface area contributed by atoms with Crippen LogP contribution in [-0.2, 0) is 17.8 Å². The molecule has 2 aliphatic rings. The molecule has 21 heavy (non-hydrogen) atoms. The molecule has 114 valence electrons. The molecule has 2 heterocycles. The third-order valence-electron chi connectivity index (χ3n) is 4.25. The maximum absolute atomic E-state index is 12.0. The lowest BCUT2D eigenvalue weighted by atomic mass is 10.0. The van der Waals surface area contributed by atoms with Crippen molar-refractivity contribution in [2.24, 2.45) is 0 Å². The number of hydrogen-bond donors (Lipinski definition) is 2. The highest BCUT2D eigenvalue weighted by atomic mass is 16.5. The van der Waals surface area contributed by atoms with E-state index in [1.165, 1.54) is 5.56 Å². The van der Waals surface area contributed by atoms with Gasteiger partial charge in [0.15, 0.2) is 0 Å². The van der Waals surface area contributed by atoms with E-state index in [4.69, 9.17) is 4.74 Å². The molecular formula is C17H24N2O2. The molecule has 1 atom stereocenters. The van der Waals surface area contributed by atoms with Gasteiger partial charge in [0.1, 0.15) is 11.4 Å². The van der Waals surface area contributed by atoms with Gasteiger partial charge >= 0.3 is 0 Å². The van der Waals surface area contributed by atoms with E-state index >= 15 is 0 Å². The largest absolute Gasteiger partial charge is 0.487 e. The second-order valence-corrected chi connectivity index (χ2v) is 6.66. The van der Waals surface area contributed by atoms with Gasteiger partial charge in [-0.25, -0.2) is 0 Å². The van der Waals surface area contributed by atoms with Gasteiger partial charge < -0.3 is 15.4 Å². The Morgan fingerprint density at radius 3 is 3.10 bits per heavy atom. The molecule has 1 aromatic rings. The first kappa shape index (κ1) is 14.4. The van der Waals surface area contributed by atoms with Crippen LogP contribution in [0.15, 0.2) is 18.2 Å². The van der Waals surface area contributed by atoms with Crippen molar-refractivity contribution in [3.63, 3.8) is 0 Å². The molecule has 2 aliphatic heterocycles. The Kier molecular flexibility index (Phi) is 3.89. The fraction of sp³-hybridized carbons (Fsp3) is 0.588. The van der Waals surface area contributed by atoms with Crippen LogP contribution in [0.4, 0.5) is 0 Å². The number of para-hydroxylation sites is 1. The van der Waals surface area contributed by atoms with Crippen LogP contribution in [-0.4, -0.2) is 24.1 Å². The number of carbonyl (C=O) groups is 1. The van der Waals surface area contributed by atoms with E-state index in [2.05, 4.69) is 42.7 Å². The van der Waals surface area contributed by atoms with Crippen molar-refractivity contribution in [3.05, 3.63) is 29.3 Å². The van der Waals surface area contributed by atoms with Gasteiger partial charge in [-0.15, -0.1) is 0 Å². The van der Waals surface area contributed by atoms with Gasteiger partial charge in [-0.1, -0.05) is 18.2 Å². The Balaban J connectivity index is 1.69. The minimum atomic E-state index is -0.127. The number of carbonyl (C=O) groups excluding carboxylic acids is 1. The van der Waals surface area contributed by atoms with Crippen LogP contribution >= 0.6 is 0 Å². The summed E-state index contributed by atoms with van der Waals surface area (Å²) < 4.78 is 6.08. The molecule has 0 bridgehead atoms. The van der Waals surface area contributed by atoms with Gasteiger partial charge in [0.05, 0.1) is 6.04 Å². The average Bonchev–Trinajstić information content (AvgIpc) is 2.61. The SMILES string of the molecule is CC1(C)Cc2cccc(CNC3CCCCNC3=O)c2O1. The maximum Gasteiger partial charge on any atom is 0.237 e. The number of fused-ring (bicyclic) bond motifs is 1. The lowest BCUT2D eigenvalue weighted by molar-refractivity contribution is -0.122. The number of benzene rings is 1. The normalized spacial score (nSPS) is 23.9. The fourth-order valence-corrected chi connectivity index (χ4v) is 3.19. The minimum absolute atomic E-state index is 0.0854. The van der Waals surface area contributed by atoms with E-state index in [1.54, 1.807) is 0 Å². The Morgan fingerprint density at radius 2 is 2.24 bits per heavy atom. The Morgan fingerprint density at radius 1 is 1.38 bits per heavy atom. The monoisotopic (exact) mass is 288 g/mol. The van der Waals surface area contributed by atoms with E-state index < -0.39 is 0 Å². The van der Waals surface area contributed by atoms with Crippen molar-refractivity contribution >= 4 is 5.91 Å². The summed E-state index contributed by atoms with van der Waals surface area (Å²) in [6.45, 7) is 5.71. The van der Waals surface area contributed by atoms with Crippen LogP contribution < -0.4 is 15.4 Å². The van der Waals surface area contributed by atoms with Gasteiger partial charge in [0.2, 0.25) is 5.91 Å². The molecule has 0 aromatic heterocycles. The van der Waals surface area contributed by atoms with Crippen molar-refractivity contribution in [2.75, 3.05) is 6.54 Å². The lowest BCUT2D eigenvalue weighted by Gasteiger charge is -2.19. The summed E-state index contributed by atoms with van der Waals surface area (Å²) in [5.74, 6) is 1.13. The molecule has 1 unspecified atom stereocenters. The van der Waals surface area contributed by atoms with E-state index in [-0.39, 0.29) is 17.6 Å². The molecule has 0 saturated carbocycles. The van der Waals surface area contributed by atoms with Crippen LogP contribution in [0.2, 0.25) is 0 Å². The van der Waals surface area contributed by atoms with Crippen LogP contribution in [0, 0.1) is 0 Å². The van der Waals surface area contributed by atoms with Gasteiger partial charge in [-0.2, -0.15) is 0 Å². The van der Waals surface area contributed by atoms with Gasteiger partial charge in [0, 0.05) is 25.1 Å². The topological polar surface area (TPSA) is 50.4 Å². The molecule has 4 nitrogen and oxygen atoms in total. The highest BCUT2D eigenvalue weighted by molar-refractivity contribution is 5.81. The van der Waals surface area contributed by atoms with E-state index in [0.29, 0.717) is 6.54 Å². The summed E-state index contributed by atoms with van der Waals surface area (Å²) in [6.07, 6.45) is 4.02. The first-order chi connectivity index (χ1) is 10.1. The third kappa shape index (κ3) is 3.21. The zero-order valence-corrected chi connectivity index (χ0v) is 12.9. The van der Waals surface area contributed by atoms with Crippen LogP contribution in [0.1, 0.15) is 44.2 Å². The Hall–Kier alpha value is -1.55. The molecular weight excluding hydrogens is 264 g/mol.